The van der Waals surface area contributed by atoms with Gasteiger partial charge in [0.1, 0.15) is 6.54 Å². The van der Waals surface area contributed by atoms with Crippen molar-refractivity contribution in [1.82, 2.24) is 9.55 Å². The molecule has 1 N–H and O–H groups in total. The number of amides is 1. The Hall–Kier alpha value is -2.90. The SMILES string of the molecule is O=C(COC(=O)Cn1cnc2ccccc2c1=O)Nc1cc(Cl)cc(Cl)c1. The summed E-state index contributed by atoms with van der Waals surface area (Å²) in [5, 5.41) is 3.62. The zero-order valence-corrected chi connectivity index (χ0v) is 15.3. The molecule has 0 aliphatic heterocycles. The molecule has 0 fully saturated rings. The molecule has 0 spiro atoms. The molecule has 0 aliphatic rings. The van der Waals surface area contributed by atoms with E-state index in [-0.39, 0.29) is 12.1 Å². The van der Waals surface area contributed by atoms with Crippen molar-refractivity contribution in [1.29, 1.82) is 0 Å². The van der Waals surface area contributed by atoms with Gasteiger partial charge in [0.15, 0.2) is 6.61 Å². The summed E-state index contributed by atoms with van der Waals surface area (Å²) >= 11 is 11.7. The van der Waals surface area contributed by atoms with Gasteiger partial charge in [-0.05, 0) is 30.3 Å². The van der Waals surface area contributed by atoms with Crippen LogP contribution in [0, 0.1) is 0 Å². The summed E-state index contributed by atoms with van der Waals surface area (Å²) in [6, 6.07) is 11.3. The third-order valence-electron chi connectivity index (χ3n) is 3.54. The number of para-hydroxylation sites is 1. The number of ether oxygens (including phenoxy) is 1. The van der Waals surface area contributed by atoms with E-state index in [2.05, 4.69) is 10.3 Å². The molecule has 1 aromatic heterocycles. The van der Waals surface area contributed by atoms with Gasteiger partial charge in [-0.25, -0.2) is 4.98 Å². The Morgan fingerprint density at radius 3 is 2.56 bits per heavy atom. The standard InChI is InChI=1S/C18H13Cl2N3O4/c19-11-5-12(20)7-13(6-11)22-16(24)9-27-17(25)8-23-10-21-15-4-2-1-3-14(15)18(23)26/h1-7,10H,8-9H2,(H,22,24). The molecular formula is C18H13Cl2N3O4. The van der Waals surface area contributed by atoms with Crippen LogP contribution >= 0.6 is 23.2 Å². The summed E-state index contributed by atoms with van der Waals surface area (Å²) in [4.78, 5) is 40.2. The number of benzene rings is 2. The molecule has 0 unspecified atom stereocenters. The lowest BCUT2D eigenvalue weighted by Crippen LogP contribution is -2.28. The van der Waals surface area contributed by atoms with Crippen LogP contribution in [0.1, 0.15) is 0 Å². The molecule has 27 heavy (non-hydrogen) atoms. The fourth-order valence-corrected chi connectivity index (χ4v) is 2.90. The van der Waals surface area contributed by atoms with E-state index in [0.717, 1.165) is 4.57 Å². The van der Waals surface area contributed by atoms with Gasteiger partial charge in [-0.1, -0.05) is 35.3 Å². The van der Waals surface area contributed by atoms with E-state index in [0.29, 0.717) is 26.6 Å². The van der Waals surface area contributed by atoms with E-state index >= 15 is 0 Å². The van der Waals surface area contributed by atoms with E-state index in [4.69, 9.17) is 27.9 Å². The van der Waals surface area contributed by atoms with Gasteiger partial charge in [0.25, 0.3) is 11.5 Å². The molecule has 0 bridgehead atoms. The van der Waals surface area contributed by atoms with Crippen molar-refractivity contribution in [3.63, 3.8) is 0 Å². The highest BCUT2D eigenvalue weighted by molar-refractivity contribution is 6.35. The molecular weight excluding hydrogens is 393 g/mol. The first-order valence-electron chi connectivity index (χ1n) is 7.78. The van der Waals surface area contributed by atoms with E-state index in [1.807, 2.05) is 0 Å². The maximum Gasteiger partial charge on any atom is 0.326 e. The van der Waals surface area contributed by atoms with Gasteiger partial charge in [-0.15, -0.1) is 0 Å². The highest BCUT2D eigenvalue weighted by Gasteiger charge is 2.11. The molecule has 1 amide bonds. The number of nitrogens with one attached hydrogen (secondary N) is 1. The summed E-state index contributed by atoms with van der Waals surface area (Å²) in [5.74, 6) is -1.31. The zero-order valence-electron chi connectivity index (χ0n) is 13.8. The van der Waals surface area contributed by atoms with Gasteiger partial charge in [0.2, 0.25) is 0 Å². The average Bonchev–Trinajstić information content (AvgIpc) is 2.62. The van der Waals surface area contributed by atoms with E-state index < -0.39 is 18.5 Å². The lowest BCUT2D eigenvalue weighted by molar-refractivity contribution is -0.147. The fraction of sp³-hybridized carbons (Fsp3) is 0.111. The van der Waals surface area contributed by atoms with Gasteiger partial charge < -0.3 is 10.1 Å². The number of esters is 1. The number of carbonyl (C=O) groups is 2. The van der Waals surface area contributed by atoms with Crippen molar-refractivity contribution < 1.29 is 14.3 Å². The number of hydrogen-bond acceptors (Lipinski definition) is 5. The first kappa shape index (κ1) is 18.9. The molecule has 7 nitrogen and oxygen atoms in total. The van der Waals surface area contributed by atoms with Crippen LogP contribution in [0.15, 0.2) is 53.6 Å². The van der Waals surface area contributed by atoms with Crippen molar-refractivity contribution >= 4 is 51.7 Å². The summed E-state index contributed by atoms with van der Waals surface area (Å²) in [6.45, 7) is -0.869. The van der Waals surface area contributed by atoms with Crippen molar-refractivity contribution in [2.24, 2.45) is 0 Å². The summed E-state index contributed by atoms with van der Waals surface area (Å²) < 4.78 is 6.03. The number of nitrogens with zero attached hydrogens (tertiary/aromatic N) is 2. The number of fused-ring (bicyclic) bond motifs is 1. The van der Waals surface area contributed by atoms with Crippen LogP contribution in [0.3, 0.4) is 0 Å². The molecule has 138 valence electrons. The number of rotatable bonds is 5. The van der Waals surface area contributed by atoms with Crippen molar-refractivity contribution in [3.8, 4) is 0 Å². The maximum absolute atomic E-state index is 12.3. The Labute approximate surface area is 163 Å². The van der Waals surface area contributed by atoms with Gasteiger partial charge in [-0.3, -0.25) is 19.0 Å². The maximum atomic E-state index is 12.3. The van der Waals surface area contributed by atoms with E-state index in [9.17, 15) is 14.4 Å². The molecule has 0 radical (unpaired) electrons. The van der Waals surface area contributed by atoms with Crippen LogP contribution in [0.4, 0.5) is 5.69 Å². The first-order valence-corrected chi connectivity index (χ1v) is 8.54. The van der Waals surface area contributed by atoms with E-state index in [1.54, 1.807) is 24.3 Å². The van der Waals surface area contributed by atoms with Crippen LogP contribution in [-0.4, -0.2) is 28.0 Å². The topological polar surface area (TPSA) is 90.3 Å². The number of hydrogen-bond donors (Lipinski definition) is 1. The summed E-state index contributed by atoms with van der Waals surface area (Å²) in [5.41, 5.74) is 0.547. The smallest absolute Gasteiger partial charge is 0.326 e. The van der Waals surface area contributed by atoms with Crippen molar-refractivity contribution in [2.45, 2.75) is 6.54 Å². The largest absolute Gasteiger partial charge is 0.454 e. The van der Waals surface area contributed by atoms with Crippen LogP contribution in [0.5, 0.6) is 0 Å². The van der Waals surface area contributed by atoms with Crippen molar-refractivity contribution in [2.75, 3.05) is 11.9 Å². The van der Waals surface area contributed by atoms with Gasteiger partial charge in [0, 0.05) is 15.7 Å². The third-order valence-corrected chi connectivity index (χ3v) is 3.98. The minimum absolute atomic E-state index is 0.354. The van der Waals surface area contributed by atoms with Crippen LogP contribution in [-0.2, 0) is 20.9 Å². The second-order valence-electron chi connectivity index (χ2n) is 5.56. The Morgan fingerprint density at radius 1 is 1.11 bits per heavy atom. The number of halogens is 2. The molecule has 3 rings (SSSR count). The molecule has 3 aromatic rings. The van der Waals surface area contributed by atoms with Crippen LogP contribution < -0.4 is 10.9 Å². The van der Waals surface area contributed by atoms with Crippen molar-refractivity contribution in [3.05, 3.63) is 69.2 Å². The lowest BCUT2D eigenvalue weighted by atomic mass is 10.2. The number of carbonyl (C=O) groups excluding carboxylic acids is 2. The van der Waals surface area contributed by atoms with Gasteiger partial charge >= 0.3 is 5.97 Å². The second kappa shape index (κ2) is 8.20. The van der Waals surface area contributed by atoms with E-state index in [1.165, 1.54) is 24.5 Å². The summed E-state index contributed by atoms with van der Waals surface area (Å²) in [7, 11) is 0. The first-order chi connectivity index (χ1) is 12.9. The van der Waals surface area contributed by atoms with Gasteiger partial charge in [-0.2, -0.15) is 0 Å². The minimum atomic E-state index is -0.742. The minimum Gasteiger partial charge on any atom is -0.454 e. The predicted molar refractivity (Wildman–Crippen MR) is 102 cm³/mol. The Kier molecular flexibility index (Phi) is 5.73. The molecule has 0 saturated carbocycles. The van der Waals surface area contributed by atoms with Crippen LogP contribution in [0.2, 0.25) is 10.0 Å². The summed E-state index contributed by atoms with van der Waals surface area (Å²) in [6.07, 6.45) is 1.26. The average molecular weight is 406 g/mol. The third kappa shape index (κ3) is 4.84. The molecule has 0 aliphatic carbocycles. The second-order valence-corrected chi connectivity index (χ2v) is 6.43. The fourth-order valence-electron chi connectivity index (χ4n) is 2.37. The van der Waals surface area contributed by atoms with Crippen LogP contribution in [0.25, 0.3) is 10.9 Å². The lowest BCUT2D eigenvalue weighted by Gasteiger charge is -2.09. The predicted octanol–water partition coefficient (Wildman–Crippen LogP) is 2.89. The molecule has 0 atom stereocenters. The quantitative estimate of drug-likeness (QED) is 0.659. The zero-order chi connectivity index (χ0) is 19.4. The normalized spacial score (nSPS) is 10.6. The molecule has 9 heteroatoms. The highest BCUT2D eigenvalue weighted by Crippen LogP contribution is 2.22. The number of anilines is 1. The molecule has 0 saturated heterocycles. The monoisotopic (exact) mass is 405 g/mol. The molecule has 1 heterocycles. The Balaban J connectivity index is 1.59. The van der Waals surface area contributed by atoms with Gasteiger partial charge in [0.05, 0.1) is 17.2 Å². The molecule has 2 aromatic carbocycles. The highest BCUT2D eigenvalue weighted by atomic mass is 35.5. The Morgan fingerprint density at radius 2 is 1.81 bits per heavy atom. The Bertz CT molecular complexity index is 1060. The number of aromatic nitrogens is 2.